The maximum absolute atomic E-state index is 12.0. The third-order valence-corrected chi connectivity index (χ3v) is 3.25. The third kappa shape index (κ3) is 4.31. The Morgan fingerprint density at radius 2 is 2.10 bits per heavy atom. The largest absolute Gasteiger partial charge is 0.494 e. The van der Waals surface area contributed by atoms with Crippen LogP contribution in [-0.4, -0.2) is 43.7 Å². The third-order valence-electron chi connectivity index (χ3n) is 3.25. The molecular weight excluding hydrogens is 266 g/mol. The standard InChI is InChI=1S/C16H23N3O2/c1-4-21-14-5-6-15-12(10-14)9-13(16(20)18-15)11-17-7-8-19(2)3/h5-6,9-10,17H,4,7-8,11H2,1-3H3,(H,18,20). The molecule has 0 aliphatic carbocycles. The molecular formula is C16H23N3O2. The summed E-state index contributed by atoms with van der Waals surface area (Å²) in [5, 5.41) is 4.28. The molecule has 5 heteroatoms. The fourth-order valence-electron chi connectivity index (χ4n) is 2.14. The number of likely N-dealkylation sites (N-methyl/N-ethyl adjacent to an activating group) is 1. The first kappa shape index (κ1) is 15.5. The van der Waals surface area contributed by atoms with Crippen LogP contribution < -0.4 is 15.6 Å². The molecule has 0 aliphatic heterocycles. The topological polar surface area (TPSA) is 57.4 Å². The minimum Gasteiger partial charge on any atom is -0.494 e. The molecule has 0 unspecified atom stereocenters. The first-order valence-corrected chi connectivity index (χ1v) is 7.24. The fraction of sp³-hybridized carbons (Fsp3) is 0.438. The number of H-pyrrole nitrogens is 1. The van der Waals surface area contributed by atoms with E-state index in [2.05, 4.69) is 15.2 Å². The highest BCUT2D eigenvalue weighted by Gasteiger charge is 2.04. The summed E-state index contributed by atoms with van der Waals surface area (Å²) in [5.74, 6) is 0.823. The van der Waals surface area contributed by atoms with Gasteiger partial charge >= 0.3 is 0 Å². The molecule has 1 aromatic heterocycles. The number of fused-ring (bicyclic) bond motifs is 1. The van der Waals surface area contributed by atoms with Crippen LogP contribution in [0.25, 0.3) is 10.9 Å². The smallest absolute Gasteiger partial charge is 0.252 e. The molecule has 0 atom stereocenters. The van der Waals surface area contributed by atoms with Gasteiger partial charge in [0.15, 0.2) is 0 Å². The summed E-state index contributed by atoms with van der Waals surface area (Å²) < 4.78 is 5.50. The number of hydrogen-bond donors (Lipinski definition) is 2. The van der Waals surface area contributed by atoms with Gasteiger partial charge in [0.2, 0.25) is 0 Å². The first-order chi connectivity index (χ1) is 10.1. The van der Waals surface area contributed by atoms with E-state index in [0.29, 0.717) is 13.2 Å². The second-order valence-corrected chi connectivity index (χ2v) is 5.29. The van der Waals surface area contributed by atoms with Crippen molar-refractivity contribution in [2.24, 2.45) is 0 Å². The number of ether oxygens (including phenoxy) is 1. The van der Waals surface area contributed by atoms with Crippen molar-refractivity contribution < 1.29 is 4.74 Å². The van der Waals surface area contributed by atoms with E-state index in [9.17, 15) is 4.79 Å². The molecule has 2 N–H and O–H groups in total. The van der Waals surface area contributed by atoms with Crippen molar-refractivity contribution in [3.8, 4) is 5.75 Å². The Morgan fingerprint density at radius 3 is 2.81 bits per heavy atom. The molecule has 0 fully saturated rings. The van der Waals surface area contributed by atoms with Crippen LogP contribution in [-0.2, 0) is 6.54 Å². The lowest BCUT2D eigenvalue weighted by Crippen LogP contribution is -2.28. The van der Waals surface area contributed by atoms with Crippen molar-refractivity contribution in [1.82, 2.24) is 15.2 Å². The Labute approximate surface area is 124 Å². The molecule has 0 saturated carbocycles. The van der Waals surface area contributed by atoms with E-state index in [0.717, 1.165) is 35.3 Å². The molecule has 0 bridgehead atoms. The van der Waals surface area contributed by atoms with E-state index < -0.39 is 0 Å². The quantitative estimate of drug-likeness (QED) is 0.760. The molecule has 2 aromatic rings. The van der Waals surface area contributed by atoms with E-state index >= 15 is 0 Å². The van der Waals surface area contributed by atoms with Crippen molar-refractivity contribution in [1.29, 1.82) is 0 Å². The minimum atomic E-state index is -0.0380. The summed E-state index contributed by atoms with van der Waals surface area (Å²) in [6, 6.07) is 7.64. The van der Waals surface area contributed by atoms with Gasteiger partial charge in [-0.25, -0.2) is 0 Å². The molecule has 0 amide bonds. The lowest BCUT2D eigenvalue weighted by Gasteiger charge is -2.10. The average Bonchev–Trinajstić information content (AvgIpc) is 2.44. The number of aromatic amines is 1. The van der Waals surface area contributed by atoms with Gasteiger partial charge in [-0.1, -0.05) is 0 Å². The monoisotopic (exact) mass is 289 g/mol. The molecule has 5 nitrogen and oxygen atoms in total. The second kappa shape index (κ2) is 7.24. The summed E-state index contributed by atoms with van der Waals surface area (Å²) in [6.07, 6.45) is 0. The van der Waals surface area contributed by atoms with Gasteiger partial charge in [0.25, 0.3) is 5.56 Å². The van der Waals surface area contributed by atoms with Gasteiger partial charge in [-0.05, 0) is 45.3 Å². The second-order valence-electron chi connectivity index (χ2n) is 5.29. The summed E-state index contributed by atoms with van der Waals surface area (Å²) in [6.45, 7) is 4.95. The molecule has 2 rings (SSSR count). The first-order valence-electron chi connectivity index (χ1n) is 7.24. The molecule has 0 spiro atoms. The molecule has 0 aliphatic rings. The van der Waals surface area contributed by atoms with Crippen LogP contribution in [0, 0.1) is 0 Å². The number of nitrogens with zero attached hydrogens (tertiary/aromatic N) is 1. The van der Waals surface area contributed by atoms with Crippen LogP contribution >= 0.6 is 0 Å². The average molecular weight is 289 g/mol. The maximum Gasteiger partial charge on any atom is 0.252 e. The zero-order valence-corrected chi connectivity index (χ0v) is 12.9. The highest BCUT2D eigenvalue weighted by Crippen LogP contribution is 2.19. The van der Waals surface area contributed by atoms with Crippen LogP contribution in [0.15, 0.2) is 29.1 Å². The van der Waals surface area contributed by atoms with E-state index in [4.69, 9.17) is 4.74 Å². The predicted molar refractivity (Wildman–Crippen MR) is 86.0 cm³/mol. The van der Waals surface area contributed by atoms with Crippen molar-refractivity contribution in [3.63, 3.8) is 0 Å². The number of aromatic nitrogens is 1. The molecule has 0 saturated heterocycles. The lowest BCUT2D eigenvalue weighted by molar-refractivity contribution is 0.340. The predicted octanol–water partition coefficient (Wildman–Crippen LogP) is 1.58. The van der Waals surface area contributed by atoms with Crippen molar-refractivity contribution >= 4 is 10.9 Å². The summed E-state index contributed by atoms with van der Waals surface area (Å²) in [7, 11) is 4.06. The number of hydrogen-bond acceptors (Lipinski definition) is 4. The molecule has 1 aromatic carbocycles. The van der Waals surface area contributed by atoms with E-state index in [1.54, 1.807) is 0 Å². The normalized spacial score (nSPS) is 11.2. The lowest BCUT2D eigenvalue weighted by atomic mass is 10.1. The van der Waals surface area contributed by atoms with Gasteiger partial charge in [0.05, 0.1) is 6.61 Å². The summed E-state index contributed by atoms with van der Waals surface area (Å²) >= 11 is 0. The Kier molecular flexibility index (Phi) is 5.36. The number of nitrogens with one attached hydrogen (secondary N) is 2. The Morgan fingerprint density at radius 1 is 1.29 bits per heavy atom. The van der Waals surface area contributed by atoms with E-state index in [1.165, 1.54) is 0 Å². The van der Waals surface area contributed by atoms with Gasteiger partial charge in [-0.2, -0.15) is 0 Å². The Bertz CT molecular complexity index is 650. The summed E-state index contributed by atoms with van der Waals surface area (Å²) in [5.41, 5.74) is 1.54. The minimum absolute atomic E-state index is 0.0380. The van der Waals surface area contributed by atoms with Crippen LogP contribution in [0.2, 0.25) is 0 Å². The Balaban J connectivity index is 2.15. The zero-order chi connectivity index (χ0) is 15.2. The van der Waals surface area contributed by atoms with Gasteiger partial charge in [-0.15, -0.1) is 0 Å². The fourth-order valence-corrected chi connectivity index (χ4v) is 2.14. The van der Waals surface area contributed by atoms with E-state index in [1.807, 2.05) is 45.3 Å². The number of pyridine rings is 1. The van der Waals surface area contributed by atoms with Crippen molar-refractivity contribution in [2.75, 3.05) is 33.8 Å². The molecule has 0 radical (unpaired) electrons. The molecule has 21 heavy (non-hydrogen) atoms. The highest BCUT2D eigenvalue weighted by molar-refractivity contribution is 5.80. The zero-order valence-electron chi connectivity index (χ0n) is 12.9. The maximum atomic E-state index is 12.0. The molecule has 114 valence electrons. The Hall–Kier alpha value is -1.85. The van der Waals surface area contributed by atoms with Crippen molar-refractivity contribution in [3.05, 3.63) is 40.2 Å². The number of benzene rings is 1. The molecule has 1 heterocycles. The van der Waals surface area contributed by atoms with Crippen LogP contribution in [0.1, 0.15) is 12.5 Å². The van der Waals surface area contributed by atoms with Gasteiger partial charge < -0.3 is 19.9 Å². The van der Waals surface area contributed by atoms with Crippen LogP contribution in [0.5, 0.6) is 5.75 Å². The highest BCUT2D eigenvalue weighted by atomic mass is 16.5. The number of rotatable bonds is 7. The SMILES string of the molecule is CCOc1ccc2[nH]c(=O)c(CNCCN(C)C)cc2c1. The van der Waals surface area contributed by atoms with Gasteiger partial charge in [-0.3, -0.25) is 4.79 Å². The van der Waals surface area contributed by atoms with Gasteiger partial charge in [0, 0.05) is 36.1 Å². The van der Waals surface area contributed by atoms with E-state index in [-0.39, 0.29) is 5.56 Å². The summed E-state index contributed by atoms with van der Waals surface area (Å²) in [4.78, 5) is 17.1. The van der Waals surface area contributed by atoms with Gasteiger partial charge in [0.1, 0.15) is 5.75 Å². The van der Waals surface area contributed by atoms with Crippen LogP contribution in [0.3, 0.4) is 0 Å². The van der Waals surface area contributed by atoms with Crippen LogP contribution in [0.4, 0.5) is 0 Å². The van der Waals surface area contributed by atoms with Crippen molar-refractivity contribution in [2.45, 2.75) is 13.5 Å².